The fourth-order valence-corrected chi connectivity index (χ4v) is 4.27. The topological polar surface area (TPSA) is 118 Å². The van der Waals surface area contributed by atoms with Gasteiger partial charge in [-0.3, -0.25) is 24.0 Å². The summed E-state index contributed by atoms with van der Waals surface area (Å²) in [6, 6.07) is 8.06. The monoisotopic (exact) mass is 497 g/mol. The molecule has 0 radical (unpaired) electrons. The summed E-state index contributed by atoms with van der Waals surface area (Å²) in [5, 5.41) is 11.7. The molecule has 0 atom stereocenters. The van der Waals surface area contributed by atoms with E-state index < -0.39 is 16.2 Å². The maximum absolute atomic E-state index is 13.2. The number of nitrogens with zero attached hydrogens (tertiary/aromatic N) is 4. The number of nitro groups is 1. The van der Waals surface area contributed by atoms with Crippen LogP contribution in [0.15, 0.2) is 50.6 Å². The van der Waals surface area contributed by atoms with Crippen LogP contribution < -0.4 is 17.0 Å². The van der Waals surface area contributed by atoms with E-state index in [1.54, 1.807) is 23.9 Å². The second-order valence-electron chi connectivity index (χ2n) is 7.73. The molecule has 0 spiro atoms. The largest absolute Gasteiger partial charge is 0.397 e. The molecular weight excluding hydrogens is 478 g/mol. The summed E-state index contributed by atoms with van der Waals surface area (Å²) < 4.78 is 4.67. The van der Waals surface area contributed by atoms with Crippen molar-refractivity contribution in [3.05, 3.63) is 83.1 Å². The summed E-state index contributed by atoms with van der Waals surface area (Å²) in [5.74, 6) is 0. The van der Waals surface area contributed by atoms with Crippen molar-refractivity contribution >= 4 is 38.2 Å². The number of nitrogens with two attached hydrogens (primary N) is 1. The second-order valence-corrected chi connectivity index (χ2v) is 8.58. The summed E-state index contributed by atoms with van der Waals surface area (Å²) >= 11 is 3.47. The van der Waals surface area contributed by atoms with Gasteiger partial charge in [0.15, 0.2) is 0 Å². The minimum atomic E-state index is -0.502. The Labute approximate surface area is 190 Å². The first-order chi connectivity index (χ1) is 15.0. The van der Waals surface area contributed by atoms with Crippen molar-refractivity contribution in [2.45, 2.75) is 13.8 Å². The van der Waals surface area contributed by atoms with Gasteiger partial charge in [-0.25, -0.2) is 4.79 Å². The van der Waals surface area contributed by atoms with Crippen LogP contribution in [0, 0.1) is 24.0 Å². The molecule has 0 saturated carbocycles. The zero-order valence-corrected chi connectivity index (χ0v) is 19.4. The van der Waals surface area contributed by atoms with E-state index in [4.69, 9.17) is 5.73 Å². The number of nitrogen functional groups attached to an aromatic ring is 1. The standard InChI is InChI=1S/C22H20BrN5O4/c1-11-7-16(24)17(8-12(11)2)27-10-18-19(21(29)26(4)22(30)25(18)3)20(27)14-9-13(28(31)32)5-6-15(14)23/h5-10H,24H2,1-4H3. The number of hydrogen-bond donors (Lipinski definition) is 1. The molecule has 2 heterocycles. The quantitative estimate of drug-likeness (QED) is 0.263. The number of anilines is 1. The van der Waals surface area contributed by atoms with Crippen LogP contribution in [0.25, 0.3) is 27.8 Å². The molecule has 32 heavy (non-hydrogen) atoms. The van der Waals surface area contributed by atoms with Gasteiger partial charge in [0.2, 0.25) is 0 Å². The number of nitro benzene ring substituents is 1. The maximum Gasteiger partial charge on any atom is 0.330 e. The minimum Gasteiger partial charge on any atom is -0.397 e. The van der Waals surface area contributed by atoms with E-state index in [0.717, 1.165) is 15.7 Å². The first-order valence-corrected chi connectivity index (χ1v) is 10.4. The third-order valence-electron chi connectivity index (χ3n) is 5.76. The van der Waals surface area contributed by atoms with Crippen LogP contribution in [0.2, 0.25) is 0 Å². The Balaban J connectivity index is 2.27. The summed E-state index contributed by atoms with van der Waals surface area (Å²) in [6.07, 6.45) is 1.67. The molecule has 2 aromatic carbocycles. The van der Waals surface area contributed by atoms with E-state index in [0.29, 0.717) is 32.6 Å². The maximum atomic E-state index is 13.2. The lowest BCUT2D eigenvalue weighted by atomic mass is 10.1. The zero-order valence-electron chi connectivity index (χ0n) is 17.8. The highest BCUT2D eigenvalue weighted by molar-refractivity contribution is 9.10. The van der Waals surface area contributed by atoms with Gasteiger partial charge in [0.25, 0.3) is 11.2 Å². The summed E-state index contributed by atoms with van der Waals surface area (Å²) in [6.45, 7) is 3.89. The molecule has 0 amide bonds. The molecule has 10 heteroatoms. The van der Waals surface area contributed by atoms with E-state index >= 15 is 0 Å². The fraction of sp³-hybridized carbons (Fsp3) is 0.182. The normalized spacial score (nSPS) is 11.3. The molecule has 0 aliphatic rings. The van der Waals surface area contributed by atoms with Gasteiger partial charge in [0.1, 0.15) is 0 Å². The Hall–Kier alpha value is -3.66. The van der Waals surface area contributed by atoms with E-state index in [1.165, 1.54) is 23.7 Å². The van der Waals surface area contributed by atoms with Gasteiger partial charge < -0.3 is 10.3 Å². The molecule has 164 valence electrons. The summed E-state index contributed by atoms with van der Waals surface area (Å²) in [7, 11) is 2.97. The number of rotatable bonds is 3. The van der Waals surface area contributed by atoms with Crippen molar-refractivity contribution in [2.75, 3.05) is 5.73 Å². The average molecular weight is 498 g/mol. The minimum absolute atomic E-state index is 0.126. The molecule has 2 N–H and O–H groups in total. The van der Waals surface area contributed by atoms with Crippen molar-refractivity contribution in [1.82, 2.24) is 13.7 Å². The zero-order chi connectivity index (χ0) is 23.5. The molecule has 0 aliphatic carbocycles. The van der Waals surface area contributed by atoms with Gasteiger partial charge in [-0.2, -0.15) is 0 Å². The second kappa shape index (κ2) is 7.49. The summed E-state index contributed by atoms with van der Waals surface area (Å²) in [5.41, 5.74) is 9.54. The molecule has 0 fully saturated rings. The Morgan fingerprint density at radius 2 is 1.69 bits per heavy atom. The Morgan fingerprint density at radius 1 is 1.03 bits per heavy atom. The molecule has 9 nitrogen and oxygen atoms in total. The average Bonchev–Trinajstić information content (AvgIpc) is 3.13. The first kappa shape index (κ1) is 21.6. The lowest BCUT2D eigenvalue weighted by Crippen LogP contribution is -2.36. The SMILES string of the molecule is Cc1cc(N)c(-n2cc3c(c2-c2cc([N+](=O)[O-])ccc2Br)c(=O)n(C)c(=O)n3C)cc1C. The lowest BCUT2D eigenvalue weighted by molar-refractivity contribution is -0.384. The highest BCUT2D eigenvalue weighted by Gasteiger charge is 2.24. The van der Waals surface area contributed by atoms with Gasteiger partial charge in [-0.1, -0.05) is 15.9 Å². The van der Waals surface area contributed by atoms with E-state index in [1.807, 2.05) is 26.0 Å². The smallest absolute Gasteiger partial charge is 0.330 e. The van der Waals surface area contributed by atoms with Crippen molar-refractivity contribution < 1.29 is 4.92 Å². The van der Waals surface area contributed by atoms with Crippen molar-refractivity contribution in [2.24, 2.45) is 14.1 Å². The van der Waals surface area contributed by atoms with E-state index in [9.17, 15) is 19.7 Å². The number of benzene rings is 2. The molecule has 4 rings (SSSR count). The summed E-state index contributed by atoms with van der Waals surface area (Å²) in [4.78, 5) is 36.8. The van der Waals surface area contributed by atoms with Gasteiger partial charge in [-0.15, -0.1) is 0 Å². The number of hydrogen-bond acceptors (Lipinski definition) is 5. The Morgan fingerprint density at radius 3 is 2.34 bits per heavy atom. The van der Waals surface area contributed by atoms with E-state index in [2.05, 4.69) is 15.9 Å². The number of fused-ring (bicyclic) bond motifs is 1. The number of halogens is 1. The predicted octanol–water partition coefficient (Wildman–Crippen LogP) is 3.56. The Bertz CT molecular complexity index is 1560. The van der Waals surface area contributed by atoms with Crippen LogP contribution in [0.5, 0.6) is 0 Å². The van der Waals surface area contributed by atoms with Crippen molar-refractivity contribution in [1.29, 1.82) is 0 Å². The number of aromatic nitrogens is 3. The van der Waals surface area contributed by atoms with Crippen LogP contribution in [0.3, 0.4) is 0 Å². The molecule has 0 aliphatic heterocycles. The predicted molar refractivity (Wildman–Crippen MR) is 127 cm³/mol. The number of non-ortho nitro benzene ring substituents is 1. The molecular formula is C22H20BrN5O4. The van der Waals surface area contributed by atoms with Gasteiger partial charge >= 0.3 is 5.69 Å². The molecule has 0 bridgehead atoms. The lowest BCUT2D eigenvalue weighted by Gasteiger charge is -2.15. The van der Waals surface area contributed by atoms with Gasteiger partial charge in [0, 0.05) is 42.5 Å². The first-order valence-electron chi connectivity index (χ1n) is 9.65. The van der Waals surface area contributed by atoms with Crippen LogP contribution in [0.4, 0.5) is 11.4 Å². The van der Waals surface area contributed by atoms with Gasteiger partial charge in [0.05, 0.1) is 32.9 Å². The highest BCUT2D eigenvalue weighted by atomic mass is 79.9. The fourth-order valence-electron chi connectivity index (χ4n) is 3.84. The molecule has 4 aromatic rings. The number of aryl methyl sites for hydroxylation is 3. The highest BCUT2D eigenvalue weighted by Crippen LogP contribution is 2.38. The third-order valence-corrected chi connectivity index (χ3v) is 6.45. The molecule has 0 unspecified atom stereocenters. The van der Waals surface area contributed by atoms with Crippen molar-refractivity contribution in [3.8, 4) is 16.9 Å². The van der Waals surface area contributed by atoms with Gasteiger partial charge in [-0.05, 0) is 43.2 Å². The Kier molecular flexibility index (Phi) is 5.04. The molecule has 0 saturated heterocycles. The molecule has 2 aromatic heterocycles. The van der Waals surface area contributed by atoms with Crippen LogP contribution in [0.1, 0.15) is 11.1 Å². The third kappa shape index (κ3) is 3.14. The van der Waals surface area contributed by atoms with Crippen LogP contribution in [-0.4, -0.2) is 18.6 Å². The van der Waals surface area contributed by atoms with E-state index in [-0.39, 0.29) is 11.1 Å². The van der Waals surface area contributed by atoms with Crippen LogP contribution >= 0.6 is 15.9 Å². The van der Waals surface area contributed by atoms with Crippen LogP contribution in [-0.2, 0) is 14.1 Å². The van der Waals surface area contributed by atoms with Crippen molar-refractivity contribution in [3.63, 3.8) is 0 Å².